The molecule has 6 nitrogen and oxygen atoms in total. The Morgan fingerprint density at radius 1 is 1.28 bits per heavy atom. The van der Waals surface area contributed by atoms with Gasteiger partial charge in [0, 0.05) is 23.8 Å². The maximum atomic E-state index is 12.4. The summed E-state index contributed by atoms with van der Waals surface area (Å²) in [5.41, 5.74) is 4.00. The molecular weight excluding hydrogens is 318 g/mol. The third kappa shape index (κ3) is 2.50. The second-order valence-corrected chi connectivity index (χ2v) is 6.01. The molecule has 4 rings (SSSR count). The van der Waals surface area contributed by atoms with Gasteiger partial charge in [0.2, 0.25) is 0 Å². The van der Waals surface area contributed by atoms with Gasteiger partial charge in [-0.3, -0.25) is 4.90 Å². The fourth-order valence-electron chi connectivity index (χ4n) is 3.59. The van der Waals surface area contributed by atoms with Crippen LogP contribution in [-0.4, -0.2) is 41.7 Å². The molecule has 128 valence electrons. The van der Waals surface area contributed by atoms with Crippen LogP contribution in [0.15, 0.2) is 42.6 Å². The smallest absolute Gasteiger partial charge is 0.410 e. The van der Waals surface area contributed by atoms with Crippen LogP contribution in [0.25, 0.3) is 11.0 Å². The van der Waals surface area contributed by atoms with Crippen LogP contribution in [-0.2, 0) is 11.2 Å². The van der Waals surface area contributed by atoms with E-state index < -0.39 is 0 Å². The number of pyridine rings is 1. The number of carbonyl (C=O) groups excluding carboxylic acids is 1. The zero-order valence-electron chi connectivity index (χ0n) is 14.2. The van der Waals surface area contributed by atoms with E-state index in [1.54, 1.807) is 18.2 Å². The van der Waals surface area contributed by atoms with Gasteiger partial charge in [-0.25, -0.2) is 9.78 Å². The number of carbonyl (C=O) groups is 1. The highest BCUT2D eigenvalue weighted by molar-refractivity contribution is 5.83. The number of aromatic nitrogens is 2. The molecule has 25 heavy (non-hydrogen) atoms. The molecule has 0 saturated heterocycles. The summed E-state index contributed by atoms with van der Waals surface area (Å²) in [6.45, 7) is 0.587. The van der Waals surface area contributed by atoms with Crippen molar-refractivity contribution >= 4 is 17.1 Å². The first-order valence-corrected chi connectivity index (χ1v) is 8.17. The van der Waals surface area contributed by atoms with Gasteiger partial charge in [-0.2, -0.15) is 0 Å². The molecule has 0 saturated carbocycles. The number of nitrogens with zero attached hydrogens (tertiary/aromatic N) is 2. The molecule has 0 aliphatic carbocycles. The van der Waals surface area contributed by atoms with Crippen molar-refractivity contribution in [2.75, 3.05) is 20.8 Å². The molecule has 0 fully saturated rings. The number of hydrogen-bond donors (Lipinski definition) is 1. The maximum absolute atomic E-state index is 12.4. The summed E-state index contributed by atoms with van der Waals surface area (Å²) in [5, 5.41) is 1.11. The van der Waals surface area contributed by atoms with Crippen LogP contribution >= 0.6 is 0 Å². The topological polar surface area (TPSA) is 67.5 Å². The molecule has 1 amide bonds. The summed E-state index contributed by atoms with van der Waals surface area (Å²) in [5.74, 6) is 0.753. The van der Waals surface area contributed by atoms with Crippen LogP contribution in [0.2, 0.25) is 0 Å². The first kappa shape index (κ1) is 15.5. The van der Waals surface area contributed by atoms with E-state index in [2.05, 4.69) is 16.0 Å². The Kier molecular flexibility index (Phi) is 3.80. The normalized spacial score (nSPS) is 16.6. The Morgan fingerprint density at radius 3 is 2.96 bits per heavy atom. The molecule has 3 heterocycles. The minimum Gasteiger partial charge on any atom is -0.497 e. The molecular formula is C19H19N3O3. The number of nitrogens with one attached hydrogen (secondary N) is 1. The Morgan fingerprint density at radius 2 is 2.16 bits per heavy atom. The summed E-state index contributed by atoms with van der Waals surface area (Å²) >= 11 is 0. The SMILES string of the molecule is COC(=O)N1CCc2c([nH]c3ncccc23)C1c1cccc(OC)c1. The van der Waals surface area contributed by atoms with Gasteiger partial charge < -0.3 is 14.5 Å². The lowest BCUT2D eigenvalue weighted by molar-refractivity contribution is 0.108. The van der Waals surface area contributed by atoms with Crippen molar-refractivity contribution in [2.45, 2.75) is 12.5 Å². The number of amides is 1. The Labute approximate surface area is 145 Å². The first-order chi connectivity index (χ1) is 12.2. The number of rotatable bonds is 2. The quantitative estimate of drug-likeness (QED) is 0.779. The largest absolute Gasteiger partial charge is 0.497 e. The molecule has 0 spiro atoms. The van der Waals surface area contributed by atoms with Gasteiger partial charge in [-0.1, -0.05) is 12.1 Å². The Hall–Kier alpha value is -3.02. The van der Waals surface area contributed by atoms with E-state index in [9.17, 15) is 4.79 Å². The molecule has 1 aliphatic rings. The van der Waals surface area contributed by atoms with Crippen LogP contribution in [0, 0.1) is 0 Å². The summed E-state index contributed by atoms with van der Waals surface area (Å²) in [6.07, 6.45) is 2.18. The molecule has 1 aromatic carbocycles. The zero-order valence-corrected chi connectivity index (χ0v) is 14.2. The third-order valence-electron chi connectivity index (χ3n) is 4.72. The number of aromatic amines is 1. The van der Waals surface area contributed by atoms with E-state index in [4.69, 9.17) is 9.47 Å². The van der Waals surface area contributed by atoms with Crippen LogP contribution < -0.4 is 4.74 Å². The number of ether oxygens (including phenoxy) is 2. The fourth-order valence-corrected chi connectivity index (χ4v) is 3.59. The van der Waals surface area contributed by atoms with Gasteiger partial charge in [0.15, 0.2) is 0 Å². The average Bonchev–Trinajstić information content (AvgIpc) is 3.05. The third-order valence-corrected chi connectivity index (χ3v) is 4.72. The van der Waals surface area contributed by atoms with Gasteiger partial charge in [0.25, 0.3) is 0 Å². The van der Waals surface area contributed by atoms with Crippen molar-refractivity contribution in [3.63, 3.8) is 0 Å². The lowest BCUT2D eigenvalue weighted by Crippen LogP contribution is -2.40. The van der Waals surface area contributed by atoms with Crippen LogP contribution in [0.1, 0.15) is 22.9 Å². The molecule has 1 unspecified atom stereocenters. The van der Waals surface area contributed by atoms with Crippen molar-refractivity contribution in [3.05, 3.63) is 59.4 Å². The second kappa shape index (κ2) is 6.12. The number of benzene rings is 1. The van der Waals surface area contributed by atoms with Crippen LogP contribution in [0.4, 0.5) is 4.79 Å². The maximum Gasteiger partial charge on any atom is 0.410 e. The molecule has 3 aromatic rings. The van der Waals surface area contributed by atoms with E-state index in [0.29, 0.717) is 6.54 Å². The van der Waals surface area contributed by atoms with E-state index in [0.717, 1.165) is 34.5 Å². The summed E-state index contributed by atoms with van der Waals surface area (Å²) in [6, 6.07) is 11.5. The van der Waals surface area contributed by atoms with Crippen molar-refractivity contribution < 1.29 is 14.3 Å². The summed E-state index contributed by atoms with van der Waals surface area (Å²) in [4.78, 5) is 21.9. The van der Waals surface area contributed by atoms with Gasteiger partial charge >= 0.3 is 6.09 Å². The van der Waals surface area contributed by atoms with E-state index in [1.165, 1.54) is 12.7 Å². The average molecular weight is 337 g/mol. The molecule has 0 bridgehead atoms. The molecule has 1 aliphatic heterocycles. The summed E-state index contributed by atoms with van der Waals surface area (Å²) < 4.78 is 10.4. The van der Waals surface area contributed by atoms with Gasteiger partial charge in [0.05, 0.1) is 14.2 Å². The number of hydrogen-bond acceptors (Lipinski definition) is 4. The Bertz CT molecular complexity index is 935. The van der Waals surface area contributed by atoms with Crippen molar-refractivity contribution in [3.8, 4) is 5.75 Å². The number of H-pyrrole nitrogens is 1. The van der Waals surface area contributed by atoms with E-state index >= 15 is 0 Å². The minimum absolute atomic E-state index is 0.263. The predicted octanol–water partition coefficient (Wildman–Crippen LogP) is 3.29. The Balaban J connectivity index is 1.91. The first-order valence-electron chi connectivity index (χ1n) is 8.17. The highest BCUT2D eigenvalue weighted by Gasteiger charge is 2.35. The lowest BCUT2D eigenvalue weighted by Gasteiger charge is -2.35. The van der Waals surface area contributed by atoms with Crippen molar-refractivity contribution in [1.82, 2.24) is 14.9 Å². The molecule has 2 aromatic heterocycles. The zero-order chi connectivity index (χ0) is 17.4. The highest BCUT2D eigenvalue weighted by Crippen LogP contribution is 2.38. The van der Waals surface area contributed by atoms with Gasteiger partial charge in [-0.05, 0) is 41.8 Å². The van der Waals surface area contributed by atoms with Crippen LogP contribution in [0.5, 0.6) is 5.75 Å². The van der Waals surface area contributed by atoms with Crippen molar-refractivity contribution in [1.29, 1.82) is 0 Å². The van der Waals surface area contributed by atoms with Gasteiger partial charge in [0.1, 0.15) is 17.4 Å². The number of methoxy groups -OCH3 is 2. The molecule has 0 radical (unpaired) electrons. The van der Waals surface area contributed by atoms with E-state index in [-0.39, 0.29) is 12.1 Å². The van der Waals surface area contributed by atoms with Crippen LogP contribution in [0.3, 0.4) is 0 Å². The lowest BCUT2D eigenvalue weighted by atomic mass is 9.93. The second-order valence-electron chi connectivity index (χ2n) is 6.01. The standard InChI is InChI=1S/C19H19N3O3/c1-24-13-6-3-5-12(11-13)17-16-14(8-10-22(17)19(23)25-2)15-7-4-9-20-18(15)21-16/h3-7,9,11,17H,8,10H2,1-2H3,(H,20,21). The monoisotopic (exact) mass is 337 g/mol. The van der Waals surface area contributed by atoms with E-state index in [1.807, 2.05) is 30.3 Å². The van der Waals surface area contributed by atoms with Crippen molar-refractivity contribution in [2.24, 2.45) is 0 Å². The fraction of sp³-hybridized carbons (Fsp3) is 0.263. The molecule has 1 N–H and O–H groups in total. The highest BCUT2D eigenvalue weighted by atomic mass is 16.5. The minimum atomic E-state index is -0.343. The van der Waals surface area contributed by atoms with Gasteiger partial charge in [-0.15, -0.1) is 0 Å². The molecule has 6 heteroatoms. The molecule has 1 atom stereocenters. The number of fused-ring (bicyclic) bond motifs is 3. The predicted molar refractivity (Wildman–Crippen MR) is 93.7 cm³/mol. The summed E-state index contributed by atoms with van der Waals surface area (Å²) in [7, 11) is 3.05.